The van der Waals surface area contributed by atoms with Gasteiger partial charge in [-0.25, -0.2) is 0 Å². The highest BCUT2D eigenvalue weighted by Gasteiger charge is 2.19. The lowest BCUT2D eigenvalue weighted by Crippen LogP contribution is -2.06. The van der Waals surface area contributed by atoms with Gasteiger partial charge in [0.05, 0.1) is 28.6 Å². The van der Waals surface area contributed by atoms with Crippen LogP contribution in [0.4, 0.5) is 0 Å². The standard InChI is InChI=1S/C24H18N2OS/c25-14-21-12-11-20(13-22(21)19-9-5-2-6-10-19)24(23-15-26-17-28-23)27-16-18-7-3-1-4-8-18/h1-13,15,17,24H,16H2. The normalized spacial score (nSPS) is 11.7. The maximum Gasteiger partial charge on any atom is 0.119 e. The fourth-order valence-electron chi connectivity index (χ4n) is 3.13. The van der Waals surface area contributed by atoms with Crippen molar-refractivity contribution in [2.75, 3.05) is 0 Å². The Labute approximate surface area is 168 Å². The van der Waals surface area contributed by atoms with E-state index in [0.29, 0.717) is 12.2 Å². The Hall–Kier alpha value is -3.26. The van der Waals surface area contributed by atoms with Crippen molar-refractivity contribution < 1.29 is 4.74 Å². The number of thiazole rings is 1. The lowest BCUT2D eigenvalue weighted by Gasteiger charge is -2.18. The Morgan fingerprint density at radius 3 is 2.39 bits per heavy atom. The topological polar surface area (TPSA) is 45.9 Å². The number of nitriles is 1. The lowest BCUT2D eigenvalue weighted by molar-refractivity contribution is 0.0689. The Kier molecular flexibility index (Phi) is 5.58. The molecule has 1 unspecified atom stereocenters. The van der Waals surface area contributed by atoms with E-state index in [0.717, 1.165) is 27.1 Å². The van der Waals surface area contributed by atoms with E-state index >= 15 is 0 Å². The van der Waals surface area contributed by atoms with Gasteiger partial charge in [0.15, 0.2) is 0 Å². The molecule has 1 atom stereocenters. The van der Waals surface area contributed by atoms with Gasteiger partial charge in [0.1, 0.15) is 6.10 Å². The van der Waals surface area contributed by atoms with Gasteiger partial charge in [-0.2, -0.15) is 5.26 Å². The molecule has 4 heteroatoms. The van der Waals surface area contributed by atoms with Crippen molar-refractivity contribution in [3.8, 4) is 17.2 Å². The molecule has 3 aromatic carbocycles. The molecule has 0 fully saturated rings. The molecule has 0 aliphatic heterocycles. The first kappa shape index (κ1) is 18.1. The second-order valence-electron chi connectivity index (χ2n) is 6.36. The molecule has 4 aromatic rings. The third-order valence-electron chi connectivity index (χ3n) is 4.52. The van der Waals surface area contributed by atoms with Gasteiger partial charge in [0.25, 0.3) is 0 Å². The minimum absolute atomic E-state index is 0.233. The van der Waals surface area contributed by atoms with Crippen LogP contribution >= 0.6 is 11.3 Å². The molecule has 0 saturated heterocycles. The van der Waals surface area contributed by atoms with Gasteiger partial charge in [-0.15, -0.1) is 11.3 Å². The minimum Gasteiger partial charge on any atom is -0.363 e. The van der Waals surface area contributed by atoms with Gasteiger partial charge in [0.2, 0.25) is 0 Å². The number of hydrogen-bond acceptors (Lipinski definition) is 4. The van der Waals surface area contributed by atoms with Crippen LogP contribution < -0.4 is 0 Å². The van der Waals surface area contributed by atoms with Crippen LogP contribution in [0.15, 0.2) is 90.6 Å². The highest BCUT2D eigenvalue weighted by molar-refractivity contribution is 7.09. The van der Waals surface area contributed by atoms with Crippen molar-refractivity contribution in [3.05, 3.63) is 112 Å². The van der Waals surface area contributed by atoms with Gasteiger partial charge in [-0.3, -0.25) is 4.98 Å². The summed E-state index contributed by atoms with van der Waals surface area (Å²) in [6.07, 6.45) is 1.61. The summed E-state index contributed by atoms with van der Waals surface area (Å²) in [6, 6.07) is 28.3. The van der Waals surface area contributed by atoms with E-state index in [1.165, 1.54) is 0 Å². The average molecular weight is 382 g/mol. The van der Waals surface area contributed by atoms with E-state index in [9.17, 15) is 5.26 Å². The maximum absolute atomic E-state index is 9.56. The molecule has 1 aromatic heterocycles. The van der Waals surface area contributed by atoms with Gasteiger partial charge in [0, 0.05) is 6.20 Å². The van der Waals surface area contributed by atoms with Crippen LogP contribution in [-0.4, -0.2) is 4.98 Å². The SMILES string of the molecule is N#Cc1ccc(C(OCc2ccccc2)c2cncs2)cc1-c1ccccc1. The first-order valence-electron chi connectivity index (χ1n) is 8.98. The molecule has 0 spiro atoms. The monoisotopic (exact) mass is 382 g/mol. The molecule has 0 saturated carbocycles. The smallest absolute Gasteiger partial charge is 0.119 e. The van der Waals surface area contributed by atoms with E-state index in [2.05, 4.69) is 29.3 Å². The van der Waals surface area contributed by atoms with E-state index < -0.39 is 0 Å². The number of rotatable bonds is 6. The second kappa shape index (κ2) is 8.62. The second-order valence-corrected chi connectivity index (χ2v) is 7.28. The first-order chi connectivity index (χ1) is 13.8. The summed E-state index contributed by atoms with van der Waals surface area (Å²) in [5.74, 6) is 0. The zero-order valence-corrected chi connectivity index (χ0v) is 16.0. The molecule has 0 amide bonds. The van der Waals surface area contributed by atoms with Crippen LogP contribution in [0.5, 0.6) is 0 Å². The molecule has 1 heterocycles. The maximum atomic E-state index is 9.56. The van der Waals surface area contributed by atoms with E-state index in [-0.39, 0.29) is 6.10 Å². The summed E-state index contributed by atoms with van der Waals surface area (Å²) >= 11 is 1.57. The van der Waals surface area contributed by atoms with E-state index in [1.807, 2.05) is 72.4 Å². The van der Waals surface area contributed by atoms with Crippen LogP contribution in [0.3, 0.4) is 0 Å². The van der Waals surface area contributed by atoms with Crippen molar-refractivity contribution in [1.82, 2.24) is 4.98 Å². The van der Waals surface area contributed by atoms with Crippen molar-refractivity contribution in [1.29, 1.82) is 5.26 Å². The van der Waals surface area contributed by atoms with Crippen LogP contribution in [0.1, 0.15) is 27.7 Å². The van der Waals surface area contributed by atoms with Crippen LogP contribution in [0.25, 0.3) is 11.1 Å². The Morgan fingerprint density at radius 1 is 0.964 bits per heavy atom. The van der Waals surface area contributed by atoms with Gasteiger partial charge in [-0.05, 0) is 34.4 Å². The van der Waals surface area contributed by atoms with Crippen molar-refractivity contribution in [3.63, 3.8) is 0 Å². The fourth-order valence-corrected chi connectivity index (χ4v) is 3.82. The van der Waals surface area contributed by atoms with Crippen LogP contribution in [-0.2, 0) is 11.3 Å². The highest BCUT2D eigenvalue weighted by Crippen LogP contribution is 2.33. The molecule has 4 rings (SSSR count). The van der Waals surface area contributed by atoms with E-state index in [4.69, 9.17) is 4.74 Å². The predicted octanol–water partition coefficient (Wildman–Crippen LogP) is 5.99. The summed E-state index contributed by atoms with van der Waals surface area (Å²) in [5.41, 5.74) is 6.54. The summed E-state index contributed by atoms with van der Waals surface area (Å²) in [6.45, 7) is 0.504. The van der Waals surface area contributed by atoms with Crippen LogP contribution in [0, 0.1) is 11.3 Å². The molecular formula is C24H18N2OS. The molecule has 3 nitrogen and oxygen atoms in total. The van der Waals surface area contributed by atoms with Gasteiger partial charge < -0.3 is 4.74 Å². The molecule has 0 aliphatic rings. The Bertz CT molecular complexity index is 1070. The molecule has 0 N–H and O–H groups in total. The molecule has 0 bridgehead atoms. The van der Waals surface area contributed by atoms with Gasteiger partial charge in [-0.1, -0.05) is 66.7 Å². The zero-order chi connectivity index (χ0) is 19.2. The predicted molar refractivity (Wildman–Crippen MR) is 112 cm³/mol. The minimum atomic E-state index is -0.233. The fraction of sp³-hybridized carbons (Fsp3) is 0.0833. The first-order valence-corrected chi connectivity index (χ1v) is 9.86. The molecule has 28 heavy (non-hydrogen) atoms. The molecule has 0 radical (unpaired) electrons. The number of hydrogen-bond donors (Lipinski definition) is 0. The number of nitrogens with zero attached hydrogens (tertiary/aromatic N) is 2. The van der Waals surface area contributed by atoms with Crippen molar-refractivity contribution in [2.24, 2.45) is 0 Å². The molecule has 0 aliphatic carbocycles. The van der Waals surface area contributed by atoms with Crippen LogP contribution in [0.2, 0.25) is 0 Å². The number of benzene rings is 3. The lowest BCUT2D eigenvalue weighted by atomic mass is 9.95. The number of aromatic nitrogens is 1. The third-order valence-corrected chi connectivity index (χ3v) is 5.34. The Morgan fingerprint density at radius 2 is 1.71 bits per heavy atom. The summed E-state index contributed by atoms with van der Waals surface area (Å²) in [4.78, 5) is 5.27. The third kappa shape index (κ3) is 4.01. The summed E-state index contributed by atoms with van der Waals surface area (Å²) < 4.78 is 6.31. The van der Waals surface area contributed by atoms with Gasteiger partial charge >= 0.3 is 0 Å². The van der Waals surface area contributed by atoms with Crippen molar-refractivity contribution in [2.45, 2.75) is 12.7 Å². The van der Waals surface area contributed by atoms with E-state index in [1.54, 1.807) is 11.3 Å². The summed E-state index contributed by atoms with van der Waals surface area (Å²) in [7, 11) is 0. The average Bonchev–Trinajstić information content (AvgIpc) is 3.30. The largest absolute Gasteiger partial charge is 0.363 e. The zero-order valence-electron chi connectivity index (χ0n) is 15.2. The molecular weight excluding hydrogens is 364 g/mol. The Balaban J connectivity index is 1.71. The quantitative estimate of drug-likeness (QED) is 0.411. The summed E-state index contributed by atoms with van der Waals surface area (Å²) in [5, 5.41) is 9.56. The highest BCUT2D eigenvalue weighted by atomic mass is 32.1. The number of ether oxygens (including phenoxy) is 1. The molecule has 136 valence electrons. The van der Waals surface area contributed by atoms with Crippen molar-refractivity contribution >= 4 is 11.3 Å².